The van der Waals surface area contributed by atoms with Crippen molar-refractivity contribution in [2.45, 2.75) is 33.1 Å². The molecule has 1 N–H and O–H groups in total. The van der Waals surface area contributed by atoms with E-state index >= 15 is 0 Å². The van der Waals surface area contributed by atoms with Crippen LogP contribution in [0.5, 0.6) is 0 Å². The fourth-order valence-corrected chi connectivity index (χ4v) is 3.84. The molecular weight excluding hydrogens is 322 g/mol. The Bertz CT molecular complexity index is 722. The highest BCUT2D eigenvalue weighted by molar-refractivity contribution is 6.30. The normalized spacial score (nSPS) is 21.1. The second kappa shape index (κ2) is 7.08. The maximum absolute atomic E-state index is 10.2. The Balaban J connectivity index is 1.85. The zero-order chi connectivity index (χ0) is 17.2. The summed E-state index contributed by atoms with van der Waals surface area (Å²) in [5.41, 5.74) is 2.87. The second-order valence-electron chi connectivity index (χ2n) is 6.91. The third-order valence-corrected chi connectivity index (χ3v) is 5.05. The molecule has 2 aromatic rings. The van der Waals surface area contributed by atoms with E-state index in [1.165, 1.54) is 5.56 Å². The molecule has 1 aliphatic heterocycles. The number of benzene rings is 1. The predicted molar refractivity (Wildman–Crippen MR) is 97.6 cm³/mol. The molecule has 1 aromatic heterocycles. The zero-order valence-corrected chi connectivity index (χ0v) is 15.1. The van der Waals surface area contributed by atoms with Gasteiger partial charge in [-0.1, -0.05) is 23.7 Å². The van der Waals surface area contributed by atoms with Crippen LogP contribution in [0.25, 0.3) is 0 Å². The van der Waals surface area contributed by atoms with Crippen molar-refractivity contribution < 1.29 is 5.11 Å². The number of rotatable bonds is 4. The average Bonchev–Trinajstić information content (AvgIpc) is 2.57. The molecule has 2 heterocycles. The van der Waals surface area contributed by atoms with Crippen LogP contribution < -0.4 is 4.90 Å². The van der Waals surface area contributed by atoms with Gasteiger partial charge in [-0.3, -0.25) is 4.98 Å². The summed E-state index contributed by atoms with van der Waals surface area (Å²) in [6.07, 6.45) is 4.66. The van der Waals surface area contributed by atoms with E-state index in [0.717, 1.165) is 54.6 Å². The number of piperidine rings is 1. The summed E-state index contributed by atoms with van der Waals surface area (Å²) in [4.78, 5) is 11.4. The quantitative estimate of drug-likeness (QED) is 0.920. The summed E-state index contributed by atoms with van der Waals surface area (Å²) < 4.78 is 0. The van der Waals surface area contributed by atoms with Crippen molar-refractivity contribution in [2.75, 3.05) is 24.6 Å². The van der Waals surface area contributed by atoms with Crippen LogP contribution in [0, 0.1) is 19.3 Å². The Hall–Kier alpha value is -1.65. The van der Waals surface area contributed by atoms with E-state index < -0.39 is 0 Å². The van der Waals surface area contributed by atoms with Crippen molar-refractivity contribution in [1.29, 1.82) is 0 Å². The first-order valence-electron chi connectivity index (χ1n) is 8.42. The number of anilines is 1. The lowest BCUT2D eigenvalue weighted by molar-refractivity contribution is 0.105. The number of aryl methyl sites for hydroxylation is 2. The minimum Gasteiger partial charge on any atom is -0.396 e. The van der Waals surface area contributed by atoms with Crippen LogP contribution in [0.15, 0.2) is 30.5 Å². The third-order valence-electron chi connectivity index (χ3n) is 4.82. The Morgan fingerprint density at radius 2 is 2.17 bits per heavy atom. The van der Waals surface area contributed by atoms with Gasteiger partial charge in [0.05, 0.1) is 18.0 Å². The fraction of sp³-hybridized carbons (Fsp3) is 0.474. The Kier molecular flexibility index (Phi) is 5.07. The van der Waals surface area contributed by atoms with Crippen LogP contribution >= 0.6 is 11.6 Å². The van der Waals surface area contributed by atoms with E-state index in [1.54, 1.807) is 6.20 Å². The number of aromatic nitrogens is 2. The van der Waals surface area contributed by atoms with Crippen LogP contribution in [0.4, 0.5) is 5.82 Å². The largest absolute Gasteiger partial charge is 0.396 e. The van der Waals surface area contributed by atoms with Gasteiger partial charge in [-0.25, -0.2) is 4.98 Å². The molecule has 1 aliphatic rings. The number of nitrogens with zero attached hydrogens (tertiary/aromatic N) is 3. The van der Waals surface area contributed by atoms with Gasteiger partial charge < -0.3 is 10.0 Å². The zero-order valence-electron chi connectivity index (χ0n) is 14.3. The van der Waals surface area contributed by atoms with Gasteiger partial charge in [0.15, 0.2) is 0 Å². The summed E-state index contributed by atoms with van der Waals surface area (Å²) in [6.45, 7) is 5.86. The minimum atomic E-state index is -0.166. The van der Waals surface area contributed by atoms with E-state index in [2.05, 4.69) is 20.9 Å². The van der Waals surface area contributed by atoms with Crippen molar-refractivity contribution >= 4 is 17.4 Å². The molecule has 0 unspecified atom stereocenters. The summed E-state index contributed by atoms with van der Waals surface area (Å²) in [7, 11) is 0. The van der Waals surface area contributed by atoms with Gasteiger partial charge in [0.2, 0.25) is 0 Å². The van der Waals surface area contributed by atoms with Gasteiger partial charge in [0.25, 0.3) is 0 Å². The van der Waals surface area contributed by atoms with E-state index in [1.807, 2.05) is 32.0 Å². The molecule has 1 atom stereocenters. The number of aliphatic hydroxyl groups is 1. The van der Waals surface area contributed by atoms with E-state index in [4.69, 9.17) is 11.6 Å². The first kappa shape index (κ1) is 17.2. The second-order valence-corrected chi connectivity index (χ2v) is 7.35. The van der Waals surface area contributed by atoms with Crippen molar-refractivity contribution in [3.8, 4) is 0 Å². The van der Waals surface area contributed by atoms with Crippen LogP contribution in [0.3, 0.4) is 0 Å². The third kappa shape index (κ3) is 3.70. The Morgan fingerprint density at radius 3 is 2.92 bits per heavy atom. The molecule has 0 bridgehead atoms. The number of aliphatic hydroxyl groups excluding tert-OH is 1. The first-order valence-corrected chi connectivity index (χ1v) is 8.80. The molecule has 3 rings (SSSR count). The average molecular weight is 346 g/mol. The molecule has 0 spiro atoms. The highest BCUT2D eigenvalue weighted by atomic mass is 35.5. The maximum atomic E-state index is 10.2. The molecule has 0 amide bonds. The summed E-state index contributed by atoms with van der Waals surface area (Å²) >= 11 is 6.12. The summed E-state index contributed by atoms with van der Waals surface area (Å²) in [6, 6.07) is 7.94. The molecule has 0 radical (unpaired) electrons. The van der Waals surface area contributed by atoms with E-state index in [9.17, 15) is 5.11 Å². The van der Waals surface area contributed by atoms with Crippen LogP contribution in [-0.2, 0) is 6.42 Å². The van der Waals surface area contributed by atoms with Crippen molar-refractivity contribution in [3.63, 3.8) is 0 Å². The van der Waals surface area contributed by atoms with Crippen LogP contribution in [0.2, 0.25) is 5.02 Å². The van der Waals surface area contributed by atoms with Crippen LogP contribution in [-0.4, -0.2) is 34.8 Å². The van der Waals surface area contributed by atoms with Gasteiger partial charge in [-0.05, 0) is 50.8 Å². The van der Waals surface area contributed by atoms with Crippen molar-refractivity contribution in [3.05, 3.63) is 52.4 Å². The molecular formula is C19H24ClN3O. The minimum absolute atomic E-state index is 0.161. The van der Waals surface area contributed by atoms with Crippen molar-refractivity contribution in [2.24, 2.45) is 5.41 Å². The van der Waals surface area contributed by atoms with Gasteiger partial charge in [-0.2, -0.15) is 0 Å². The topological polar surface area (TPSA) is 49.2 Å². The molecule has 0 aliphatic carbocycles. The molecule has 24 heavy (non-hydrogen) atoms. The number of halogens is 1. The van der Waals surface area contributed by atoms with Gasteiger partial charge in [-0.15, -0.1) is 0 Å². The first-order chi connectivity index (χ1) is 11.5. The van der Waals surface area contributed by atoms with Crippen LogP contribution in [0.1, 0.15) is 29.8 Å². The standard InChI is InChI=1S/C19H24ClN3O/c1-14-11-21-15(2)18(22-14)23-8-4-7-19(12-23,13-24)10-16-5-3-6-17(20)9-16/h3,5-6,9,11,24H,4,7-8,10,12-13H2,1-2H3/t19-/m1/s1. The molecule has 4 nitrogen and oxygen atoms in total. The smallest absolute Gasteiger partial charge is 0.150 e. The molecule has 1 saturated heterocycles. The lowest BCUT2D eigenvalue weighted by atomic mass is 9.75. The number of hydrogen-bond donors (Lipinski definition) is 1. The Labute approximate surface area is 148 Å². The molecule has 1 aromatic carbocycles. The van der Waals surface area contributed by atoms with Crippen molar-refractivity contribution in [1.82, 2.24) is 9.97 Å². The summed E-state index contributed by atoms with van der Waals surface area (Å²) in [5, 5.41) is 10.9. The molecule has 5 heteroatoms. The monoisotopic (exact) mass is 345 g/mol. The van der Waals surface area contributed by atoms with Gasteiger partial charge >= 0.3 is 0 Å². The predicted octanol–water partition coefficient (Wildman–Crippen LogP) is 3.57. The number of hydrogen-bond acceptors (Lipinski definition) is 4. The SMILES string of the molecule is Cc1cnc(C)c(N2CCC[C@@](CO)(Cc3cccc(Cl)c3)C2)n1. The fourth-order valence-electron chi connectivity index (χ4n) is 3.62. The van der Waals surface area contributed by atoms with E-state index in [-0.39, 0.29) is 12.0 Å². The van der Waals surface area contributed by atoms with E-state index in [0.29, 0.717) is 0 Å². The summed E-state index contributed by atoms with van der Waals surface area (Å²) in [5.74, 6) is 0.943. The van der Waals surface area contributed by atoms with Gasteiger partial charge in [0.1, 0.15) is 5.82 Å². The molecule has 1 fully saturated rings. The molecule has 128 valence electrons. The lowest BCUT2D eigenvalue weighted by Gasteiger charge is -2.43. The lowest BCUT2D eigenvalue weighted by Crippen LogP contribution is -2.47. The Morgan fingerprint density at radius 1 is 1.33 bits per heavy atom. The highest BCUT2D eigenvalue weighted by Crippen LogP contribution is 2.36. The highest BCUT2D eigenvalue weighted by Gasteiger charge is 2.36. The van der Waals surface area contributed by atoms with Gasteiger partial charge in [0, 0.05) is 29.7 Å². The maximum Gasteiger partial charge on any atom is 0.150 e. The molecule has 0 saturated carbocycles.